The van der Waals surface area contributed by atoms with Gasteiger partial charge in [-0.2, -0.15) is 5.26 Å². The van der Waals surface area contributed by atoms with Gasteiger partial charge in [0.25, 0.3) is 11.8 Å². The van der Waals surface area contributed by atoms with Crippen molar-refractivity contribution in [2.75, 3.05) is 10.6 Å². The Morgan fingerprint density at radius 1 is 0.929 bits per heavy atom. The van der Waals surface area contributed by atoms with Crippen LogP contribution in [0.4, 0.5) is 20.2 Å². The summed E-state index contributed by atoms with van der Waals surface area (Å²) in [5.74, 6) is -3.35. The number of aromatic nitrogens is 1. The molecule has 6 nitrogen and oxygen atoms in total. The van der Waals surface area contributed by atoms with E-state index in [4.69, 9.17) is 5.26 Å². The van der Waals surface area contributed by atoms with E-state index in [0.717, 1.165) is 12.1 Å². The molecule has 1 aromatic heterocycles. The molecule has 2 amide bonds. The first-order chi connectivity index (χ1) is 13.5. The molecule has 0 saturated heterocycles. The van der Waals surface area contributed by atoms with Crippen molar-refractivity contribution >= 4 is 23.2 Å². The zero-order valence-corrected chi connectivity index (χ0v) is 14.2. The summed E-state index contributed by atoms with van der Waals surface area (Å²) in [5, 5.41) is 14.0. The largest absolute Gasteiger partial charge is 0.322 e. The number of pyridine rings is 1. The Morgan fingerprint density at radius 2 is 1.71 bits per heavy atom. The number of para-hydroxylation sites is 1. The molecule has 0 fully saturated rings. The molecule has 0 bridgehead atoms. The second kappa shape index (κ2) is 8.05. The van der Waals surface area contributed by atoms with Crippen LogP contribution in [0, 0.1) is 23.0 Å². The number of halogens is 2. The third-order valence-electron chi connectivity index (χ3n) is 3.73. The molecule has 0 atom stereocenters. The Balaban J connectivity index is 1.77. The quantitative estimate of drug-likeness (QED) is 0.723. The SMILES string of the molecule is N#Cc1ccccc1NC(=O)c1cc(C(=O)Nc2ccc(F)c(F)c2)ccn1. The molecule has 0 radical (unpaired) electrons. The van der Waals surface area contributed by atoms with Crippen LogP contribution in [0.15, 0.2) is 60.8 Å². The van der Waals surface area contributed by atoms with Crippen LogP contribution >= 0.6 is 0 Å². The van der Waals surface area contributed by atoms with Gasteiger partial charge in [0.1, 0.15) is 11.8 Å². The Bertz CT molecular complexity index is 1110. The first kappa shape index (κ1) is 18.7. The summed E-state index contributed by atoms with van der Waals surface area (Å²) in [7, 11) is 0. The van der Waals surface area contributed by atoms with E-state index in [9.17, 15) is 18.4 Å². The number of hydrogen-bond acceptors (Lipinski definition) is 4. The van der Waals surface area contributed by atoms with Crippen molar-refractivity contribution in [2.45, 2.75) is 0 Å². The van der Waals surface area contributed by atoms with Gasteiger partial charge in [-0.25, -0.2) is 8.78 Å². The van der Waals surface area contributed by atoms with Crippen molar-refractivity contribution in [2.24, 2.45) is 0 Å². The van der Waals surface area contributed by atoms with Gasteiger partial charge in [-0.1, -0.05) is 12.1 Å². The van der Waals surface area contributed by atoms with E-state index < -0.39 is 23.4 Å². The van der Waals surface area contributed by atoms with E-state index in [1.165, 1.54) is 24.4 Å². The standard InChI is InChI=1S/C20H12F2N4O2/c21-15-6-5-14(10-16(15)22)25-19(27)12-7-8-24-18(9-12)20(28)26-17-4-2-1-3-13(17)11-23/h1-10H,(H,25,27)(H,26,28). The maximum Gasteiger partial charge on any atom is 0.274 e. The second-order valence-electron chi connectivity index (χ2n) is 5.62. The molecule has 138 valence electrons. The first-order valence-corrected chi connectivity index (χ1v) is 8.01. The minimum atomic E-state index is -1.09. The molecule has 0 aliphatic rings. The van der Waals surface area contributed by atoms with Gasteiger partial charge in [-0.15, -0.1) is 0 Å². The fourth-order valence-electron chi connectivity index (χ4n) is 2.35. The molecule has 0 aliphatic carbocycles. The minimum absolute atomic E-state index is 0.0503. The topological polar surface area (TPSA) is 94.9 Å². The van der Waals surface area contributed by atoms with Gasteiger partial charge < -0.3 is 10.6 Å². The third kappa shape index (κ3) is 4.16. The molecule has 28 heavy (non-hydrogen) atoms. The van der Waals surface area contributed by atoms with Gasteiger partial charge >= 0.3 is 0 Å². The van der Waals surface area contributed by atoms with E-state index in [2.05, 4.69) is 15.6 Å². The Kier molecular flexibility index (Phi) is 5.37. The number of amides is 2. The van der Waals surface area contributed by atoms with E-state index in [1.807, 2.05) is 6.07 Å². The lowest BCUT2D eigenvalue weighted by molar-refractivity contribution is 0.102. The average Bonchev–Trinajstić information content (AvgIpc) is 2.71. The van der Waals surface area contributed by atoms with Crippen molar-refractivity contribution < 1.29 is 18.4 Å². The van der Waals surface area contributed by atoms with E-state index in [1.54, 1.807) is 24.3 Å². The molecule has 1 heterocycles. The summed E-state index contributed by atoms with van der Waals surface area (Å²) in [5.41, 5.74) is 0.704. The summed E-state index contributed by atoms with van der Waals surface area (Å²) in [6.45, 7) is 0. The molecular weight excluding hydrogens is 366 g/mol. The normalized spacial score (nSPS) is 10.0. The van der Waals surface area contributed by atoms with Crippen LogP contribution in [0.25, 0.3) is 0 Å². The van der Waals surface area contributed by atoms with Crippen molar-refractivity contribution in [3.05, 3.63) is 89.2 Å². The number of nitrogens with one attached hydrogen (secondary N) is 2. The van der Waals surface area contributed by atoms with Gasteiger partial charge in [-0.3, -0.25) is 14.6 Å². The average molecular weight is 378 g/mol. The molecule has 3 rings (SSSR count). The van der Waals surface area contributed by atoms with E-state index >= 15 is 0 Å². The van der Waals surface area contributed by atoms with E-state index in [0.29, 0.717) is 5.69 Å². The van der Waals surface area contributed by atoms with Crippen molar-refractivity contribution in [1.29, 1.82) is 5.26 Å². The van der Waals surface area contributed by atoms with Crippen molar-refractivity contribution in [3.8, 4) is 6.07 Å². The van der Waals surface area contributed by atoms with Gasteiger partial charge in [0.15, 0.2) is 11.6 Å². The molecule has 3 aromatic rings. The van der Waals surface area contributed by atoms with Gasteiger partial charge in [-0.05, 0) is 36.4 Å². The summed E-state index contributed by atoms with van der Waals surface area (Å²) < 4.78 is 26.2. The smallest absolute Gasteiger partial charge is 0.274 e. The maximum absolute atomic E-state index is 13.3. The van der Waals surface area contributed by atoms with Crippen LogP contribution in [0.3, 0.4) is 0 Å². The highest BCUT2D eigenvalue weighted by Crippen LogP contribution is 2.16. The number of rotatable bonds is 4. The predicted octanol–water partition coefficient (Wildman–Crippen LogP) is 3.74. The Labute approximate surface area is 158 Å². The number of carbonyl (C=O) groups is 2. The highest BCUT2D eigenvalue weighted by atomic mass is 19.2. The lowest BCUT2D eigenvalue weighted by atomic mass is 10.1. The van der Waals surface area contributed by atoms with Crippen molar-refractivity contribution in [3.63, 3.8) is 0 Å². The van der Waals surface area contributed by atoms with Gasteiger partial charge in [0.05, 0.1) is 11.3 Å². The van der Waals surface area contributed by atoms with Crippen molar-refractivity contribution in [1.82, 2.24) is 4.98 Å². The molecule has 0 aliphatic heterocycles. The summed E-state index contributed by atoms with van der Waals surface area (Å²) >= 11 is 0. The molecule has 2 aromatic carbocycles. The number of anilines is 2. The summed E-state index contributed by atoms with van der Waals surface area (Å²) in [6.07, 6.45) is 1.27. The Hall–Kier alpha value is -4.12. The van der Waals surface area contributed by atoms with Gasteiger partial charge in [0, 0.05) is 23.5 Å². The fraction of sp³-hybridized carbons (Fsp3) is 0. The predicted molar refractivity (Wildman–Crippen MR) is 97.7 cm³/mol. The summed E-state index contributed by atoms with van der Waals surface area (Å²) in [4.78, 5) is 28.6. The highest BCUT2D eigenvalue weighted by molar-refractivity contribution is 6.08. The molecular formula is C20H12F2N4O2. The number of hydrogen-bond donors (Lipinski definition) is 2. The van der Waals surface area contributed by atoms with Crippen LogP contribution in [0.2, 0.25) is 0 Å². The highest BCUT2D eigenvalue weighted by Gasteiger charge is 2.14. The van der Waals surface area contributed by atoms with Crippen LogP contribution in [0.1, 0.15) is 26.4 Å². The number of benzene rings is 2. The summed E-state index contributed by atoms with van der Waals surface area (Å²) in [6, 6.07) is 14.0. The first-order valence-electron chi connectivity index (χ1n) is 8.01. The number of carbonyl (C=O) groups excluding carboxylic acids is 2. The number of nitriles is 1. The molecule has 0 unspecified atom stereocenters. The molecule has 2 N–H and O–H groups in total. The lowest BCUT2D eigenvalue weighted by Gasteiger charge is -2.08. The second-order valence-corrected chi connectivity index (χ2v) is 5.62. The Morgan fingerprint density at radius 3 is 2.46 bits per heavy atom. The zero-order valence-electron chi connectivity index (χ0n) is 14.2. The van der Waals surface area contributed by atoms with Gasteiger partial charge in [0.2, 0.25) is 0 Å². The van der Waals surface area contributed by atoms with Crippen LogP contribution in [-0.4, -0.2) is 16.8 Å². The van der Waals surface area contributed by atoms with E-state index in [-0.39, 0.29) is 22.5 Å². The fourth-order valence-corrected chi connectivity index (χ4v) is 2.35. The maximum atomic E-state index is 13.3. The molecule has 0 spiro atoms. The monoisotopic (exact) mass is 378 g/mol. The third-order valence-corrected chi connectivity index (χ3v) is 3.73. The van der Waals surface area contributed by atoms with Crippen LogP contribution in [-0.2, 0) is 0 Å². The van der Waals surface area contributed by atoms with Crippen LogP contribution < -0.4 is 10.6 Å². The minimum Gasteiger partial charge on any atom is -0.322 e. The zero-order chi connectivity index (χ0) is 20.1. The number of nitrogens with zero attached hydrogens (tertiary/aromatic N) is 2. The van der Waals surface area contributed by atoms with Crippen LogP contribution in [0.5, 0.6) is 0 Å². The molecule has 0 saturated carbocycles. The lowest BCUT2D eigenvalue weighted by Crippen LogP contribution is -2.17. The molecule has 8 heteroatoms.